The predicted molar refractivity (Wildman–Crippen MR) is 115 cm³/mol. The molecular formula is C19H22BrClN2O3S. The largest absolute Gasteiger partial charge is 0.324 e. The molecule has 1 N–H and O–H groups in total. The number of carbonyl (C=O) groups excluding carboxylic acids is 1. The van der Waals surface area contributed by atoms with Crippen molar-refractivity contribution in [2.45, 2.75) is 33.2 Å². The van der Waals surface area contributed by atoms with E-state index in [-0.39, 0.29) is 0 Å². The van der Waals surface area contributed by atoms with Crippen LogP contribution in [0.3, 0.4) is 0 Å². The molecule has 2 aromatic rings. The van der Waals surface area contributed by atoms with Crippen LogP contribution in [0, 0.1) is 13.8 Å². The van der Waals surface area contributed by atoms with Crippen LogP contribution in [0.5, 0.6) is 0 Å². The fourth-order valence-corrected chi connectivity index (χ4v) is 4.35. The molecule has 0 saturated heterocycles. The monoisotopic (exact) mass is 472 g/mol. The number of nitrogens with zero attached hydrogens (tertiary/aromatic N) is 1. The maximum atomic E-state index is 12.9. The number of benzene rings is 2. The number of nitrogens with one attached hydrogen (secondary N) is 1. The van der Waals surface area contributed by atoms with E-state index in [1.807, 2.05) is 19.9 Å². The number of anilines is 2. The van der Waals surface area contributed by atoms with E-state index < -0.39 is 22.0 Å². The molecule has 0 aliphatic heterocycles. The topological polar surface area (TPSA) is 66.5 Å². The van der Waals surface area contributed by atoms with Gasteiger partial charge < -0.3 is 5.32 Å². The Balaban J connectivity index is 2.40. The zero-order chi connectivity index (χ0) is 20.4. The Morgan fingerprint density at radius 1 is 1.19 bits per heavy atom. The number of hydrogen-bond donors (Lipinski definition) is 1. The van der Waals surface area contributed by atoms with Crippen molar-refractivity contribution in [3.8, 4) is 0 Å². The fourth-order valence-electron chi connectivity index (χ4n) is 2.72. The second-order valence-electron chi connectivity index (χ2n) is 6.37. The molecule has 146 valence electrons. The zero-order valence-corrected chi connectivity index (χ0v) is 18.7. The lowest BCUT2D eigenvalue weighted by Crippen LogP contribution is -2.47. The highest BCUT2D eigenvalue weighted by atomic mass is 79.9. The summed E-state index contributed by atoms with van der Waals surface area (Å²) in [5.74, 6) is -0.417. The molecular weight excluding hydrogens is 452 g/mol. The summed E-state index contributed by atoms with van der Waals surface area (Å²) in [5, 5.41) is 3.21. The van der Waals surface area contributed by atoms with E-state index in [0.717, 1.165) is 17.4 Å². The van der Waals surface area contributed by atoms with Gasteiger partial charge in [-0.3, -0.25) is 9.10 Å². The van der Waals surface area contributed by atoms with Crippen LogP contribution in [0.2, 0.25) is 5.02 Å². The summed E-state index contributed by atoms with van der Waals surface area (Å²) >= 11 is 9.37. The number of aryl methyl sites for hydroxylation is 2. The normalized spacial score (nSPS) is 12.5. The number of halogens is 2. The Morgan fingerprint density at radius 3 is 2.37 bits per heavy atom. The van der Waals surface area contributed by atoms with Gasteiger partial charge in [0.1, 0.15) is 6.04 Å². The standard InChI is InChI=1S/C19H22BrClN2O3S/c1-5-18(19(24)22-14-7-9-16(20)17(21)11-14)23(27(4,25)26)15-8-6-12(2)13(3)10-15/h6-11,18H,5H2,1-4H3,(H,22,24)/t18-/m0/s1. The molecule has 27 heavy (non-hydrogen) atoms. The lowest BCUT2D eigenvalue weighted by molar-refractivity contribution is -0.117. The van der Waals surface area contributed by atoms with E-state index in [0.29, 0.717) is 27.3 Å². The first-order valence-corrected chi connectivity index (χ1v) is 11.4. The SMILES string of the molecule is CC[C@@H](C(=O)Nc1ccc(Br)c(Cl)c1)N(c1ccc(C)c(C)c1)S(C)(=O)=O. The molecule has 1 amide bonds. The molecule has 0 fully saturated rings. The Bertz CT molecular complexity index is 963. The van der Waals surface area contributed by atoms with Crippen LogP contribution in [0.15, 0.2) is 40.9 Å². The molecule has 2 aromatic carbocycles. The van der Waals surface area contributed by atoms with Gasteiger partial charge in [-0.25, -0.2) is 8.42 Å². The van der Waals surface area contributed by atoms with Crippen LogP contribution in [0.1, 0.15) is 24.5 Å². The summed E-state index contributed by atoms with van der Waals surface area (Å²) in [4.78, 5) is 12.9. The molecule has 0 saturated carbocycles. The number of carbonyl (C=O) groups is 1. The predicted octanol–water partition coefficient (Wildman–Crippen LogP) is 4.90. The van der Waals surface area contributed by atoms with Crippen molar-refractivity contribution in [3.05, 3.63) is 57.0 Å². The Hall–Kier alpha value is -1.57. The first-order chi connectivity index (χ1) is 12.5. The molecule has 0 aromatic heterocycles. The van der Waals surface area contributed by atoms with Gasteiger partial charge in [0.15, 0.2) is 0 Å². The number of sulfonamides is 1. The van der Waals surface area contributed by atoms with Crippen LogP contribution in [-0.2, 0) is 14.8 Å². The molecule has 0 radical (unpaired) electrons. The van der Waals surface area contributed by atoms with Gasteiger partial charge in [-0.1, -0.05) is 24.6 Å². The van der Waals surface area contributed by atoms with E-state index in [1.54, 1.807) is 37.3 Å². The van der Waals surface area contributed by atoms with Gasteiger partial charge in [0, 0.05) is 10.2 Å². The maximum Gasteiger partial charge on any atom is 0.248 e. The van der Waals surface area contributed by atoms with Crippen molar-refractivity contribution < 1.29 is 13.2 Å². The van der Waals surface area contributed by atoms with Crippen molar-refractivity contribution in [3.63, 3.8) is 0 Å². The maximum absolute atomic E-state index is 12.9. The van der Waals surface area contributed by atoms with Crippen LogP contribution in [-0.4, -0.2) is 26.6 Å². The molecule has 2 rings (SSSR count). The molecule has 0 bridgehead atoms. The van der Waals surface area contributed by atoms with Crippen molar-refractivity contribution >= 4 is 54.8 Å². The van der Waals surface area contributed by atoms with Gasteiger partial charge in [-0.15, -0.1) is 0 Å². The lowest BCUT2D eigenvalue weighted by Gasteiger charge is -2.30. The Labute approximate surface area is 173 Å². The van der Waals surface area contributed by atoms with Crippen LogP contribution >= 0.6 is 27.5 Å². The highest BCUT2D eigenvalue weighted by molar-refractivity contribution is 9.10. The highest BCUT2D eigenvalue weighted by Crippen LogP contribution is 2.28. The van der Waals surface area contributed by atoms with Gasteiger partial charge in [0.25, 0.3) is 0 Å². The molecule has 0 heterocycles. The van der Waals surface area contributed by atoms with E-state index >= 15 is 0 Å². The van der Waals surface area contributed by atoms with Crippen molar-refractivity contribution in [2.24, 2.45) is 0 Å². The summed E-state index contributed by atoms with van der Waals surface area (Å²) in [6.45, 7) is 5.63. The van der Waals surface area contributed by atoms with Gasteiger partial charge in [0.05, 0.1) is 17.0 Å². The van der Waals surface area contributed by atoms with E-state index in [1.165, 1.54) is 4.31 Å². The van der Waals surface area contributed by atoms with Gasteiger partial charge in [0.2, 0.25) is 15.9 Å². The second-order valence-corrected chi connectivity index (χ2v) is 9.49. The van der Waals surface area contributed by atoms with Crippen LogP contribution in [0.4, 0.5) is 11.4 Å². The summed E-state index contributed by atoms with van der Waals surface area (Å²) in [6, 6.07) is 9.49. The minimum atomic E-state index is -3.67. The molecule has 0 unspecified atom stereocenters. The third-order valence-electron chi connectivity index (χ3n) is 4.26. The summed E-state index contributed by atoms with van der Waals surface area (Å²) < 4.78 is 26.9. The average Bonchev–Trinajstić information content (AvgIpc) is 2.57. The minimum Gasteiger partial charge on any atom is -0.324 e. The molecule has 5 nitrogen and oxygen atoms in total. The van der Waals surface area contributed by atoms with E-state index in [4.69, 9.17) is 11.6 Å². The van der Waals surface area contributed by atoms with Crippen LogP contribution in [0.25, 0.3) is 0 Å². The molecule has 0 aliphatic rings. The van der Waals surface area contributed by atoms with Crippen molar-refractivity contribution in [2.75, 3.05) is 15.9 Å². The zero-order valence-electron chi connectivity index (χ0n) is 15.6. The highest BCUT2D eigenvalue weighted by Gasteiger charge is 2.31. The Morgan fingerprint density at radius 2 is 1.85 bits per heavy atom. The van der Waals surface area contributed by atoms with E-state index in [9.17, 15) is 13.2 Å². The molecule has 0 aliphatic carbocycles. The summed E-state index contributed by atoms with van der Waals surface area (Å²) in [7, 11) is -3.67. The smallest absolute Gasteiger partial charge is 0.248 e. The average molecular weight is 474 g/mol. The van der Waals surface area contributed by atoms with E-state index in [2.05, 4.69) is 21.2 Å². The summed E-state index contributed by atoms with van der Waals surface area (Å²) in [5.41, 5.74) is 2.97. The first kappa shape index (κ1) is 21.7. The lowest BCUT2D eigenvalue weighted by atomic mass is 10.1. The number of amides is 1. The summed E-state index contributed by atoms with van der Waals surface area (Å²) in [6.07, 6.45) is 1.42. The minimum absolute atomic E-state index is 0.316. The fraction of sp³-hybridized carbons (Fsp3) is 0.316. The third-order valence-corrected chi connectivity index (χ3v) is 6.67. The number of rotatable bonds is 6. The molecule has 0 spiro atoms. The van der Waals surface area contributed by atoms with Gasteiger partial charge >= 0.3 is 0 Å². The quantitative estimate of drug-likeness (QED) is 0.649. The van der Waals surface area contributed by atoms with Gasteiger partial charge in [-0.05, 0) is 77.7 Å². The number of hydrogen-bond acceptors (Lipinski definition) is 3. The van der Waals surface area contributed by atoms with Crippen molar-refractivity contribution in [1.29, 1.82) is 0 Å². The molecule has 8 heteroatoms. The third kappa shape index (κ3) is 5.24. The van der Waals surface area contributed by atoms with Gasteiger partial charge in [-0.2, -0.15) is 0 Å². The van der Waals surface area contributed by atoms with Crippen molar-refractivity contribution in [1.82, 2.24) is 0 Å². The first-order valence-electron chi connectivity index (χ1n) is 8.37. The van der Waals surface area contributed by atoms with Crippen LogP contribution < -0.4 is 9.62 Å². The Kier molecular flexibility index (Phi) is 6.94. The second kappa shape index (κ2) is 8.63. The molecule has 1 atom stereocenters.